The second-order valence-corrected chi connectivity index (χ2v) is 6.32. The summed E-state index contributed by atoms with van der Waals surface area (Å²) in [5.74, 6) is 1.24. The van der Waals surface area contributed by atoms with Gasteiger partial charge in [-0.2, -0.15) is 0 Å². The van der Waals surface area contributed by atoms with E-state index in [1.54, 1.807) is 11.1 Å². The molecule has 3 aliphatic rings. The van der Waals surface area contributed by atoms with Gasteiger partial charge in [0.2, 0.25) is 0 Å². The van der Waals surface area contributed by atoms with Crippen molar-refractivity contribution < 1.29 is 0 Å². The van der Waals surface area contributed by atoms with Crippen LogP contribution in [0.5, 0.6) is 0 Å². The Labute approximate surface area is 98.4 Å². The third kappa shape index (κ3) is 0.959. The van der Waals surface area contributed by atoms with Crippen molar-refractivity contribution >= 4 is 0 Å². The fourth-order valence-electron chi connectivity index (χ4n) is 3.59. The molecule has 0 saturated heterocycles. The van der Waals surface area contributed by atoms with Crippen LogP contribution < -0.4 is 0 Å². The Kier molecular flexibility index (Phi) is 1.77. The molecule has 0 spiro atoms. The minimum Gasteiger partial charge on any atom is -0.0764 e. The SMILES string of the molecule is CC1(C)C2=CC=CC2C2C=CC=C2C1(C)C. The minimum atomic E-state index is 0.259. The summed E-state index contributed by atoms with van der Waals surface area (Å²) in [6, 6.07) is 0. The Balaban J connectivity index is 2.19. The van der Waals surface area contributed by atoms with E-state index in [1.165, 1.54) is 0 Å². The Morgan fingerprint density at radius 1 is 0.750 bits per heavy atom. The van der Waals surface area contributed by atoms with E-state index in [1.807, 2.05) is 0 Å². The molecular formula is C16H20. The molecule has 2 unspecified atom stereocenters. The number of fused-ring (bicyclic) bond motifs is 3. The van der Waals surface area contributed by atoms with E-state index in [9.17, 15) is 0 Å². The predicted molar refractivity (Wildman–Crippen MR) is 69.0 cm³/mol. The molecule has 0 heterocycles. The summed E-state index contributed by atoms with van der Waals surface area (Å²) in [5.41, 5.74) is 3.75. The summed E-state index contributed by atoms with van der Waals surface area (Å²) in [6.07, 6.45) is 13.9. The lowest BCUT2D eigenvalue weighted by atomic mass is 9.50. The Morgan fingerprint density at radius 2 is 1.12 bits per heavy atom. The van der Waals surface area contributed by atoms with Crippen LogP contribution in [0.3, 0.4) is 0 Å². The van der Waals surface area contributed by atoms with Crippen LogP contribution >= 0.6 is 0 Å². The lowest BCUT2D eigenvalue weighted by Gasteiger charge is -2.53. The van der Waals surface area contributed by atoms with Gasteiger partial charge in [-0.15, -0.1) is 0 Å². The van der Waals surface area contributed by atoms with Crippen LogP contribution in [0.2, 0.25) is 0 Å². The summed E-state index contributed by atoms with van der Waals surface area (Å²) in [6.45, 7) is 9.59. The van der Waals surface area contributed by atoms with E-state index in [2.05, 4.69) is 64.2 Å². The molecule has 0 aliphatic heterocycles. The van der Waals surface area contributed by atoms with Gasteiger partial charge in [-0.25, -0.2) is 0 Å². The van der Waals surface area contributed by atoms with Gasteiger partial charge in [0.05, 0.1) is 0 Å². The molecule has 0 N–H and O–H groups in total. The molecule has 0 aromatic carbocycles. The van der Waals surface area contributed by atoms with Crippen molar-refractivity contribution in [2.75, 3.05) is 0 Å². The molecule has 1 saturated carbocycles. The van der Waals surface area contributed by atoms with E-state index in [-0.39, 0.29) is 10.8 Å². The third-order valence-electron chi connectivity index (χ3n) is 5.30. The smallest absolute Gasteiger partial charge is 0.00893 e. The minimum absolute atomic E-state index is 0.259. The van der Waals surface area contributed by atoms with Gasteiger partial charge in [0.1, 0.15) is 0 Å². The van der Waals surface area contributed by atoms with E-state index >= 15 is 0 Å². The van der Waals surface area contributed by atoms with Crippen molar-refractivity contribution in [1.29, 1.82) is 0 Å². The summed E-state index contributed by atoms with van der Waals surface area (Å²) in [5, 5.41) is 0. The molecular weight excluding hydrogens is 192 g/mol. The van der Waals surface area contributed by atoms with Gasteiger partial charge in [-0.05, 0) is 10.8 Å². The quantitative estimate of drug-likeness (QED) is 0.562. The van der Waals surface area contributed by atoms with Crippen LogP contribution in [-0.4, -0.2) is 0 Å². The Hall–Kier alpha value is -1.04. The van der Waals surface area contributed by atoms with Crippen LogP contribution in [0.25, 0.3) is 0 Å². The van der Waals surface area contributed by atoms with Gasteiger partial charge in [0.25, 0.3) is 0 Å². The fraction of sp³-hybridized carbons (Fsp3) is 0.500. The topological polar surface area (TPSA) is 0 Å². The maximum absolute atomic E-state index is 2.40. The van der Waals surface area contributed by atoms with E-state index < -0.39 is 0 Å². The van der Waals surface area contributed by atoms with E-state index in [0.717, 1.165) is 0 Å². The van der Waals surface area contributed by atoms with Crippen LogP contribution in [-0.2, 0) is 0 Å². The van der Waals surface area contributed by atoms with Gasteiger partial charge in [-0.3, -0.25) is 0 Å². The van der Waals surface area contributed by atoms with Gasteiger partial charge >= 0.3 is 0 Å². The van der Waals surface area contributed by atoms with Crippen LogP contribution in [0.15, 0.2) is 47.6 Å². The Morgan fingerprint density at radius 3 is 1.50 bits per heavy atom. The monoisotopic (exact) mass is 212 g/mol. The van der Waals surface area contributed by atoms with E-state index in [0.29, 0.717) is 11.8 Å². The molecule has 0 amide bonds. The highest BCUT2D eigenvalue weighted by Crippen LogP contribution is 2.62. The first-order valence-corrected chi connectivity index (χ1v) is 6.24. The molecule has 84 valence electrons. The molecule has 0 aromatic heterocycles. The lowest BCUT2D eigenvalue weighted by molar-refractivity contribution is 0.139. The highest BCUT2D eigenvalue weighted by Gasteiger charge is 2.52. The molecule has 0 aromatic rings. The average molecular weight is 212 g/mol. The first-order chi connectivity index (χ1) is 7.46. The molecule has 2 atom stereocenters. The normalized spacial score (nSPS) is 36.8. The average Bonchev–Trinajstić information content (AvgIpc) is 2.84. The summed E-state index contributed by atoms with van der Waals surface area (Å²) in [7, 11) is 0. The third-order valence-corrected chi connectivity index (χ3v) is 5.30. The molecule has 16 heavy (non-hydrogen) atoms. The highest BCUT2D eigenvalue weighted by atomic mass is 14.6. The maximum Gasteiger partial charge on any atom is 0.00893 e. The lowest BCUT2D eigenvalue weighted by Crippen LogP contribution is -2.45. The Bertz CT molecular complexity index is 408. The van der Waals surface area contributed by atoms with Gasteiger partial charge in [0.15, 0.2) is 0 Å². The van der Waals surface area contributed by atoms with Crippen LogP contribution in [0, 0.1) is 22.7 Å². The highest BCUT2D eigenvalue weighted by molar-refractivity contribution is 5.48. The maximum atomic E-state index is 2.40. The molecule has 0 heteroatoms. The number of rotatable bonds is 0. The van der Waals surface area contributed by atoms with Crippen molar-refractivity contribution in [3.05, 3.63) is 47.6 Å². The summed E-state index contributed by atoms with van der Waals surface area (Å²) < 4.78 is 0. The number of hydrogen-bond acceptors (Lipinski definition) is 0. The molecule has 0 nitrogen and oxygen atoms in total. The first kappa shape index (κ1) is 10.1. The van der Waals surface area contributed by atoms with Crippen molar-refractivity contribution in [3.63, 3.8) is 0 Å². The summed E-state index contributed by atoms with van der Waals surface area (Å²) >= 11 is 0. The van der Waals surface area contributed by atoms with Gasteiger partial charge in [-0.1, -0.05) is 75.3 Å². The van der Waals surface area contributed by atoms with E-state index in [4.69, 9.17) is 0 Å². The van der Waals surface area contributed by atoms with Crippen molar-refractivity contribution in [3.8, 4) is 0 Å². The number of allylic oxidation sites excluding steroid dienone is 8. The largest absolute Gasteiger partial charge is 0.0764 e. The van der Waals surface area contributed by atoms with Gasteiger partial charge < -0.3 is 0 Å². The van der Waals surface area contributed by atoms with Crippen molar-refractivity contribution in [1.82, 2.24) is 0 Å². The number of hydrogen-bond donors (Lipinski definition) is 0. The van der Waals surface area contributed by atoms with Crippen LogP contribution in [0.4, 0.5) is 0 Å². The molecule has 3 rings (SSSR count). The summed E-state index contributed by atoms with van der Waals surface area (Å²) in [4.78, 5) is 0. The van der Waals surface area contributed by atoms with Crippen molar-refractivity contribution in [2.24, 2.45) is 22.7 Å². The van der Waals surface area contributed by atoms with Crippen molar-refractivity contribution in [2.45, 2.75) is 27.7 Å². The van der Waals surface area contributed by atoms with Gasteiger partial charge in [0, 0.05) is 11.8 Å². The predicted octanol–water partition coefficient (Wildman–Crippen LogP) is 4.28. The second kappa shape index (κ2) is 2.80. The second-order valence-electron chi connectivity index (χ2n) is 6.32. The molecule has 0 bridgehead atoms. The zero-order valence-corrected chi connectivity index (χ0v) is 10.6. The zero-order chi connectivity index (χ0) is 11.6. The fourth-order valence-corrected chi connectivity index (χ4v) is 3.59. The molecule has 1 fully saturated rings. The standard InChI is InChI=1S/C16H20/c1-15(2)13-9-5-7-11(13)12-8-6-10-14(12)16(15,3)4/h5-12H,1-4H3. The zero-order valence-electron chi connectivity index (χ0n) is 10.6. The first-order valence-electron chi connectivity index (χ1n) is 6.24. The molecule has 0 radical (unpaired) electrons. The van der Waals surface area contributed by atoms with Crippen LogP contribution in [0.1, 0.15) is 27.7 Å². The molecule has 3 aliphatic carbocycles.